The summed E-state index contributed by atoms with van der Waals surface area (Å²) < 4.78 is 0. The number of carbonyl (C=O) groups is 1. The first-order valence-corrected chi connectivity index (χ1v) is 5.08. The highest BCUT2D eigenvalue weighted by molar-refractivity contribution is 5.80. The molecule has 0 unspecified atom stereocenters. The lowest BCUT2D eigenvalue weighted by Crippen LogP contribution is -2.48. The minimum atomic E-state index is 0.118. The average molecular weight is 209 g/mol. The normalized spacial score (nSPS) is 16.4. The highest BCUT2D eigenvalue weighted by atomic mass is 16.2. The van der Waals surface area contributed by atoms with Crippen LogP contribution >= 0.6 is 0 Å². The van der Waals surface area contributed by atoms with E-state index in [0.29, 0.717) is 12.5 Å². The van der Waals surface area contributed by atoms with E-state index in [0.717, 1.165) is 26.2 Å². The number of carbonyl (C=O) groups excluding carboxylic acids is 1. The number of H-pyrrole nitrogens is 1. The molecule has 0 bridgehead atoms. The molecule has 2 rings (SSSR count). The van der Waals surface area contributed by atoms with Crippen molar-refractivity contribution in [3.05, 3.63) is 12.4 Å². The molecular weight excluding hydrogens is 194 g/mol. The lowest BCUT2D eigenvalue weighted by atomic mass is 10.3. The van der Waals surface area contributed by atoms with Crippen LogP contribution in [0.3, 0.4) is 0 Å². The minimum absolute atomic E-state index is 0.118. The molecular formula is C9H15N5O. The van der Waals surface area contributed by atoms with Crippen molar-refractivity contribution in [1.82, 2.24) is 20.2 Å². The number of piperazine rings is 1. The van der Waals surface area contributed by atoms with Crippen LogP contribution in [-0.4, -0.2) is 53.5 Å². The van der Waals surface area contributed by atoms with Crippen molar-refractivity contribution >= 4 is 11.9 Å². The van der Waals surface area contributed by atoms with E-state index in [9.17, 15) is 4.79 Å². The molecule has 0 saturated carbocycles. The van der Waals surface area contributed by atoms with Crippen LogP contribution in [0.25, 0.3) is 0 Å². The summed E-state index contributed by atoms with van der Waals surface area (Å²) in [5.41, 5.74) is 0. The van der Waals surface area contributed by atoms with Gasteiger partial charge in [0.25, 0.3) is 0 Å². The first kappa shape index (κ1) is 9.97. The van der Waals surface area contributed by atoms with E-state index >= 15 is 0 Å². The van der Waals surface area contributed by atoms with Gasteiger partial charge < -0.3 is 20.5 Å². The fraction of sp³-hybridized carbons (Fsp3) is 0.556. The molecule has 6 nitrogen and oxygen atoms in total. The zero-order valence-corrected chi connectivity index (χ0v) is 8.49. The molecule has 1 aromatic heterocycles. The van der Waals surface area contributed by atoms with E-state index in [2.05, 4.69) is 20.6 Å². The number of aromatic amines is 1. The first-order chi connectivity index (χ1) is 7.36. The highest BCUT2D eigenvalue weighted by Crippen LogP contribution is 1.97. The van der Waals surface area contributed by atoms with Gasteiger partial charge in [0.2, 0.25) is 11.9 Å². The summed E-state index contributed by atoms with van der Waals surface area (Å²) in [6.07, 6.45) is 3.37. The number of rotatable bonds is 3. The van der Waals surface area contributed by atoms with Crippen molar-refractivity contribution in [2.45, 2.75) is 0 Å². The fourth-order valence-electron chi connectivity index (χ4n) is 1.55. The molecule has 2 heterocycles. The molecule has 1 saturated heterocycles. The third-order valence-electron chi connectivity index (χ3n) is 2.37. The molecule has 6 heteroatoms. The number of hydrogen-bond donors (Lipinski definition) is 3. The maximum absolute atomic E-state index is 11.7. The zero-order valence-electron chi connectivity index (χ0n) is 8.49. The van der Waals surface area contributed by atoms with Crippen LogP contribution in [-0.2, 0) is 4.79 Å². The molecule has 0 radical (unpaired) electrons. The standard InChI is InChI=1S/C9H15N5O/c15-8(14-5-3-10-4-6-14)7-13-9-11-1-2-12-9/h1-2,10H,3-7H2,(H2,11,12,13). The molecule has 1 fully saturated rings. The van der Waals surface area contributed by atoms with Gasteiger partial charge in [-0.1, -0.05) is 0 Å². The largest absolute Gasteiger partial charge is 0.347 e. The number of nitrogens with one attached hydrogen (secondary N) is 3. The predicted octanol–water partition coefficient (Wildman–Crippen LogP) is -0.747. The van der Waals surface area contributed by atoms with E-state index in [1.165, 1.54) is 0 Å². The van der Waals surface area contributed by atoms with Crippen molar-refractivity contribution in [2.75, 3.05) is 38.0 Å². The van der Waals surface area contributed by atoms with E-state index in [1.807, 2.05) is 4.90 Å². The van der Waals surface area contributed by atoms with Crippen molar-refractivity contribution in [3.63, 3.8) is 0 Å². The summed E-state index contributed by atoms with van der Waals surface area (Å²) in [6, 6.07) is 0. The lowest BCUT2D eigenvalue weighted by Gasteiger charge is -2.27. The quantitative estimate of drug-likeness (QED) is 0.612. The summed E-state index contributed by atoms with van der Waals surface area (Å²) >= 11 is 0. The van der Waals surface area contributed by atoms with E-state index in [4.69, 9.17) is 0 Å². The summed E-state index contributed by atoms with van der Waals surface area (Å²) in [5, 5.41) is 6.15. The molecule has 15 heavy (non-hydrogen) atoms. The molecule has 0 spiro atoms. The number of nitrogens with zero attached hydrogens (tertiary/aromatic N) is 2. The van der Waals surface area contributed by atoms with Crippen molar-refractivity contribution in [3.8, 4) is 0 Å². The third kappa shape index (κ3) is 2.69. The Kier molecular flexibility index (Phi) is 3.18. The molecule has 0 atom stereocenters. The summed E-state index contributed by atoms with van der Waals surface area (Å²) in [5.74, 6) is 0.756. The van der Waals surface area contributed by atoms with Crippen LogP contribution in [0.4, 0.5) is 5.95 Å². The second-order valence-electron chi connectivity index (χ2n) is 3.42. The second-order valence-corrected chi connectivity index (χ2v) is 3.42. The van der Waals surface area contributed by atoms with Crippen LogP contribution in [0.1, 0.15) is 0 Å². The van der Waals surface area contributed by atoms with Gasteiger partial charge in [-0.25, -0.2) is 4.98 Å². The van der Waals surface area contributed by atoms with Crippen molar-refractivity contribution < 1.29 is 4.79 Å². The molecule has 1 aromatic rings. The number of aromatic nitrogens is 2. The predicted molar refractivity (Wildman–Crippen MR) is 56.5 cm³/mol. The average Bonchev–Trinajstić information content (AvgIpc) is 2.80. The molecule has 0 aliphatic carbocycles. The Labute approximate surface area is 88.1 Å². The smallest absolute Gasteiger partial charge is 0.242 e. The van der Waals surface area contributed by atoms with Gasteiger partial charge in [0.1, 0.15) is 0 Å². The molecule has 1 aliphatic rings. The van der Waals surface area contributed by atoms with Gasteiger partial charge in [-0.15, -0.1) is 0 Å². The Bertz CT molecular complexity index is 304. The Balaban J connectivity index is 1.76. The fourth-order valence-corrected chi connectivity index (χ4v) is 1.55. The van der Waals surface area contributed by atoms with Crippen LogP contribution < -0.4 is 10.6 Å². The molecule has 0 aromatic carbocycles. The number of amides is 1. The summed E-state index contributed by atoms with van der Waals surface area (Å²) in [6.45, 7) is 3.64. The van der Waals surface area contributed by atoms with Crippen LogP contribution in [0.2, 0.25) is 0 Å². The van der Waals surface area contributed by atoms with Crippen LogP contribution in [0.5, 0.6) is 0 Å². The maximum Gasteiger partial charge on any atom is 0.242 e. The molecule has 3 N–H and O–H groups in total. The van der Waals surface area contributed by atoms with E-state index in [1.54, 1.807) is 12.4 Å². The Morgan fingerprint density at radius 1 is 1.53 bits per heavy atom. The molecule has 82 valence electrons. The lowest BCUT2D eigenvalue weighted by molar-refractivity contribution is -0.129. The summed E-state index contributed by atoms with van der Waals surface area (Å²) in [7, 11) is 0. The van der Waals surface area contributed by atoms with Gasteiger partial charge in [0.05, 0.1) is 6.54 Å². The Morgan fingerprint density at radius 3 is 3.00 bits per heavy atom. The van der Waals surface area contributed by atoms with E-state index < -0.39 is 0 Å². The minimum Gasteiger partial charge on any atom is -0.347 e. The zero-order chi connectivity index (χ0) is 10.5. The second kappa shape index (κ2) is 4.79. The Hall–Kier alpha value is -1.56. The van der Waals surface area contributed by atoms with Gasteiger partial charge in [-0.3, -0.25) is 4.79 Å². The number of anilines is 1. The SMILES string of the molecule is O=C(CNc1ncc[nH]1)N1CCNCC1. The van der Waals surface area contributed by atoms with Crippen LogP contribution in [0, 0.1) is 0 Å². The third-order valence-corrected chi connectivity index (χ3v) is 2.37. The van der Waals surface area contributed by atoms with Gasteiger partial charge in [-0.2, -0.15) is 0 Å². The number of imidazole rings is 1. The van der Waals surface area contributed by atoms with Gasteiger partial charge in [-0.05, 0) is 0 Å². The van der Waals surface area contributed by atoms with Gasteiger partial charge in [0, 0.05) is 38.6 Å². The monoisotopic (exact) mass is 209 g/mol. The number of hydrogen-bond acceptors (Lipinski definition) is 4. The highest BCUT2D eigenvalue weighted by Gasteiger charge is 2.15. The topological polar surface area (TPSA) is 73.0 Å². The maximum atomic E-state index is 11.7. The molecule has 1 aliphatic heterocycles. The van der Waals surface area contributed by atoms with Crippen molar-refractivity contribution in [1.29, 1.82) is 0 Å². The van der Waals surface area contributed by atoms with Crippen LogP contribution in [0.15, 0.2) is 12.4 Å². The Morgan fingerprint density at radius 2 is 2.33 bits per heavy atom. The van der Waals surface area contributed by atoms with E-state index in [-0.39, 0.29) is 5.91 Å². The summed E-state index contributed by atoms with van der Waals surface area (Å²) in [4.78, 5) is 20.4. The first-order valence-electron chi connectivity index (χ1n) is 5.08. The molecule has 1 amide bonds. The van der Waals surface area contributed by atoms with Crippen molar-refractivity contribution in [2.24, 2.45) is 0 Å². The van der Waals surface area contributed by atoms with Gasteiger partial charge in [0.15, 0.2) is 0 Å². The van der Waals surface area contributed by atoms with Gasteiger partial charge >= 0.3 is 0 Å².